The number of nitrogen functional groups attached to an aromatic ring is 1. The summed E-state index contributed by atoms with van der Waals surface area (Å²) in [6.45, 7) is 3.18. The third-order valence-corrected chi connectivity index (χ3v) is 6.42. The molecule has 3 rings (SSSR count). The highest BCUT2D eigenvalue weighted by molar-refractivity contribution is 7.18. The topological polar surface area (TPSA) is 75.4 Å². The maximum absolute atomic E-state index is 13.1. The molecular weight excluding hydrogens is 382 g/mol. The second-order valence-electron chi connectivity index (χ2n) is 7.53. The fraction of sp³-hybridized carbons (Fsp3) is 0.391. The van der Waals surface area contributed by atoms with Gasteiger partial charge >= 0.3 is 0 Å². The number of nitrogens with zero attached hydrogens (tertiary/aromatic N) is 1. The smallest absolute Gasteiger partial charge is 0.266 e. The fourth-order valence-corrected chi connectivity index (χ4v) is 4.63. The number of hydrogen-bond donors (Lipinski definition) is 2. The summed E-state index contributed by atoms with van der Waals surface area (Å²) >= 11 is 1.42. The lowest BCUT2D eigenvalue weighted by molar-refractivity contribution is -0.122. The summed E-state index contributed by atoms with van der Waals surface area (Å²) in [6.07, 6.45) is 8.05. The van der Waals surface area contributed by atoms with Crippen LogP contribution in [-0.2, 0) is 4.79 Å². The van der Waals surface area contributed by atoms with E-state index in [4.69, 9.17) is 12.2 Å². The lowest BCUT2D eigenvalue weighted by Gasteiger charge is -2.17. The van der Waals surface area contributed by atoms with Gasteiger partial charge in [0.25, 0.3) is 5.91 Å². The number of hydrogen-bond acceptors (Lipinski definition) is 4. The standard InChI is InChI=1S/C23H27N3O2S/c1-3-4-5-9-12-21(27)25-19-15-26(14-16(19)2)23(28)22-18(24)13-20(29-22)17-10-7-6-8-11-17/h1,6-8,10-11,13,16,19H,4-5,9,12,14-15,24H2,2H3,(H,25,27)/t16-,19+/m0/s1. The second-order valence-corrected chi connectivity index (χ2v) is 8.59. The van der Waals surface area contributed by atoms with E-state index in [2.05, 4.69) is 18.2 Å². The van der Waals surface area contributed by atoms with Crippen LogP contribution in [0.15, 0.2) is 36.4 Å². The van der Waals surface area contributed by atoms with Crippen molar-refractivity contribution in [3.05, 3.63) is 41.3 Å². The molecule has 1 aliphatic rings. The summed E-state index contributed by atoms with van der Waals surface area (Å²) in [7, 11) is 0. The van der Waals surface area contributed by atoms with E-state index in [1.54, 1.807) is 4.90 Å². The van der Waals surface area contributed by atoms with Crippen molar-refractivity contribution >= 4 is 28.8 Å². The molecule has 29 heavy (non-hydrogen) atoms. The van der Waals surface area contributed by atoms with Gasteiger partial charge in [-0.25, -0.2) is 0 Å². The summed E-state index contributed by atoms with van der Waals surface area (Å²) in [5, 5.41) is 3.08. The number of nitrogens with one attached hydrogen (secondary N) is 1. The molecule has 0 saturated carbocycles. The predicted molar refractivity (Wildman–Crippen MR) is 118 cm³/mol. The van der Waals surface area contributed by atoms with E-state index in [1.165, 1.54) is 11.3 Å². The Balaban J connectivity index is 1.60. The van der Waals surface area contributed by atoms with E-state index in [1.807, 2.05) is 36.4 Å². The molecule has 1 aromatic carbocycles. The van der Waals surface area contributed by atoms with E-state index in [0.29, 0.717) is 36.5 Å². The maximum atomic E-state index is 13.1. The van der Waals surface area contributed by atoms with Crippen molar-refractivity contribution in [3.63, 3.8) is 0 Å². The normalized spacial score (nSPS) is 18.4. The van der Waals surface area contributed by atoms with Crippen LogP contribution >= 0.6 is 11.3 Å². The molecule has 1 fully saturated rings. The van der Waals surface area contributed by atoms with E-state index in [9.17, 15) is 9.59 Å². The Bertz CT molecular complexity index is 901. The largest absolute Gasteiger partial charge is 0.397 e. The molecule has 3 N–H and O–H groups in total. The lowest BCUT2D eigenvalue weighted by atomic mass is 10.1. The second kappa shape index (κ2) is 9.62. The van der Waals surface area contributed by atoms with Gasteiger partial charge in [0.2, 0.25) is 5.91 Å². The fourth-order valence-electron chi connectivity index (χ4n) is 3.57. The van der Waals surface area contributed by atoms with E-state index < -0.39 is 0 Å². The molecule has 1 saturated heterocycles. The minimum Gasteiger partial charge on any atom is -0.397 e. The van der Waals surface area contributed by atoms with Gasteiger partial charge in [0.1, 0.15) is 4.88 Å². The summed E-state index contributed by atoms with van der Waals surface area (Å²) in [4.78, 5) is 28.6. The molecule has 0 unspecified atom stereocenters. The average Bonchev–Trinajstić information content (AvgIpc) is 3.28. The molecule has 2 amide bonds. The number of amides is 2. The molecule has 0 spiro atoms. The lowest BCUT2D eigenvalue weighted by Crippen LogP contribution is -2.40. The Morgan fingerprint density at radius 3 is 2.76 bits per heavy atom. The molecular formula is C23H27N3O2S. The van der Waals surface area contributed by atoms with Gasteiger partial charge in [0, 0.05) is 30.8 Å². The highest BCUT2D eigenvalue weighted by Crippen LogP contribution is 2.34. The van der Waals surface area contributed by atoms with Crippen LogP contribution in [0.1, 0.15) is 42.3 Å². The Kier molecular flexibility index (Phi) is 6.95. The number of benzene rings is 1. The Morgan fingerprint density at radius 2 is 2.03 bits per heavy atom. The van der Waals surface area contributed by atoms with Gasteiger partial charge in [0.15, 0.2) is 0 Å². The van der Waals surface area contributed by atoms with Crippen LogP contribution in [0.5, 0.6) is 0 Å². The van der Waals surface area contributed by atoms with Crippen molar-refractivity contribution in [3.8, 4) is 22.8 Å². The Morgan fingerprint density at radius 1 is 1.28 bits per heavy atom. The molecule has 1 aliphatic heterocycles. The molecule has 0 bridgehead atoms. The van der Waals surface area contributed by atoms with Crippen LogP contribution in [-0.4, -0.2) is 35.8 Å². The van der Waals surface area contributed by atoms with Gasteiger partial charge in [-0.1, -0.05) is 37.3 Å². The number of carbonyl (C=O) groups excluding carboxylic acids is 2. The Labute approximate surface area is 176 Å². The first-order chi connectivity index (χ1) is 14.0. The van der Waals surface area contributed by atoms with Crippen LogP contribution < -0.4 is 11.1 Å². The average molecular weight is 410 g/mol. The number of terminal acetylenes is 1. The first kappa shape index (κ1) is 20.9. The van der Waals surface area contributed by atoms with Gasteiger partial charge in [-0.05, 0) is 30.4 Å². The summed E-state index contributed by atoms with van der Waals surface area (Å²) in [5.41, 5.74) is 7.71. The summed E-state index contributed by atoms with van der Waals surface area (Å²) < 4.78 is 0. The van der Waals surface area contributed by atoms with E-state index in [0.717, 1.165) is 23.3 Å². The third kappa shape index (κ3) is 5.18. The minimum absolute atomic E-state index is 0.0233. The van der Waals surface area contributed by atoms with Crippen LogP contribution in [0.25, 0.3) is 10.4 Å². The van der Waals surface area contributed by atoms with Gasteiger partial charge in [-0.3, -0.25) is 9.59 Å². The minimum atomic E-state index is -0.0627. The quantitative estimate of drug-likeness (QED) is 0.540. The number of rotatable bonds is 7. The molecule has 2 aromatic rings. The third-order valence-electron chi connectivity index (χ3n) is 5.23. The van der Waals surface area contributed by atoms with E-state index in [-0.39, 0.29) is 23.8 Å². The molecule has 1 aromatic heterocycles. The van der Waals surface area contributed by atoms with E-state index >= 15 is 0 Å². The highest BCUT2D eigenvalue weighted by atomic mass is 32.1. The van der Waals surface area contributed by atoms with Gasteiger partial charge in [-0.15, -0.1) is 23.7 Å². The zero-order valence-corrected chi connectivity index (χ0v) is 17.5. The molecule has 152 valence electrons. The van der Waals surface area contributed by atoms with Crippen LogP contribution in [0.4, 0.5) is 5.69 Å². The number of likely N-dealkylation sites (tertiary alicyclic amines) is 1. The van der Waals surface area contributed by atoms with Crippen molar-refractivity contribution in [1.29, 1.82) is 0 Å². The number of unbranched alkanes of at least 4 members (excludes halogenated alkanes) is 2. The predicted octanol–water partition coefficient (Wildman–Crippen LogP) is 3.77. The van der Waals surface area contributed by atoms with Crippen molar-refractivity contribution in [2.24, 2.45) is 5.92 Å². The summed E-state index contributed by atoms with van der Waals surface area (Å²) in [5.74, 6) is 2.75. The van der Waals surface area contributed by atoms with Gasteiger partial charge < -0.3 is 16.0 Å². The zero-order chi connectivity index (χ0) is 20.8. The number of nitrogens with two attached hydrogens (primary N) is 1. The maximum Gasteiger partial charge on any atom is 0.266 e. The van der Waals surface area contributed by atoms with Crippen molar-refractivity contribution in [2.75, 3.05) is 18.8 Å². The first-order valence-corrected chi connectivity index (χ1v) is 10.8. The number of thiophene rings is 1. The van der Waals surface area contributed by atoms with Crippen LogP contribution in [0.3, 0.4) is 0 Å². The monoisotopic (exact) mass is 409 g/mol. The molecule has 6 heteroatoms. The molecule has 2 atom stereocenters. The summed E-state index contributed by atoms with van der Waals surface area (Å²) in [6, 6.07) is 11.7. The van der Waals surface area contributed by atoms with Crippen LogP contribution in [0.2, 0.25) is 0 Å². The number of carbonyl (C=O) groups is 2. The van der Waals surface area contributed by atoms with Gasteiger partial charge in [-0.2, -0.15) is 0 Å². The van der Waals surface area contributed by atoms with Crippen LogP contribution in [0, 0.1) is 18.3 Å². The molecule has 0 radical (unpaired) electrons. The van der Waals surface area contributed by atoms with Gasteiger partial charge in [0.05, 0.1) is 11.7 Å². The number of anilines is 1. The SMILES string of the molecule is C#CCCCCC(=O)N[C@@H]1CN(C(=O)c2sc(-c3ccccc3)cc2N)C[C@@H]1C. The highest BCUT2D eigenvalue weighted by Gasteiger charge is 2.34. The van der Waals surface area contributed by atoms with Crippen molar-refractivity contribution in [2.45, 2.75) is 38.6 Å². The first-order valence-electron chi connectivity index (χ1n) is 9.96. The molecule has 2 heterocycles. The van der Waals surface area contributed by atoms with Crippen molar-refractivity contribution < 1.29 is 9.59 Å². The van der Waals surface area contributed by atoms with Crippen molar-refractivity contribution in [1.82, 2.24) is 10.2 Å². The Hall–Kier alpha value is -2.78. The molecule has 5 nitrogen and oxygen atoms in total. The molecule has 0 aliphatic carbocycles. The zero-order valence-electron chi connectivity index (χ0n) is 16.7.